The largest absolute Gasteiger partial charge is 0.466 e. The van der Waals surface area contributed by atoms with Gasteiger partial charge in [0, 0.05) is 6.42 Å². The van der Waals surface area contributed by atoms with Crippen molar-refractivity contribution in [1.29, 1.82) is 0 Å². The van der Waals surface area contributed by atoms with Crippen molar-refractivity contribution in [3.8, 4) is 0 Å². The number of carbonyl (C=O) groups excluding carboxylic acids is 1. The van der Waals surface area contributed by atoms with Crippen molar-refractivity contribution in [1.82, 2.24) is 0 Å². The Balaban J connectivity index is 3.17. The quantitative estimate of drug-likeness (QED) is 0.612. The molecule has 0 bridgehead atoms. The maximum atomic E-state index is 10.7. The first-order valence-electron chi connectivity index (χ1n) is 4.00. The van der Waals surface area contributed by atoms with Crippen LogP contribution in [0.25, 0.3) is 0 Å². The van der Waals surface area contributed by atoms with Gasteiger partial charge in [0.1, 0.15) is 0 Å². The van der Waals surface area contributed by atoms with Crippen molar-refractivity contribution < 1.29 is 14.6 Å². The minimum Gasteiger partial charge on any atom is -0.466 e. The third-order valence-corrected chi connectivity index (χ3v) is 1.31. The van der Waals surface area contributed by atoms with Gasteiger partial charge in [0.05, 0.1) is 12.7 Å². The number of rotatable bonds is 5. The van der Waals surface area contributed by atoms with Gasteiger partial charge < -0.3 is 9.84 Å². The first-order valence-corrected chi connectivity index (χ1v) is 4.00. The molecule has 0 fully saturated rings. The summed E-state index contributed by atoms with van der Waals surface area (Å²) in [5.74, 6) is -0.173. The summed E-state index contributed by atoms with van der Waals surface area (Å²) in [7, 11) is 0. The average molecular weight is 160 g/mol. The average Bonchev–Trinajstić information content (AvgIpc) is 1.87. The second-order valence-corrected chi connectivity index (χ2v) is 2.55. The second kappa shape index (κ2) is 6.16. The first-order chi connectivity index (χ1) is 5.16. The number of hydrogen-bond acceptors (Lipinski definition) is 3. The van der Waals surface area contributed by atoms with E-state index in [4.69, 9.17) is 9.84 Å². The highest BCUT2D eigenvalue weighted by Gasteiger charge is 2.02. The lowest BCUT2D eigenvalue weighted by molar-refractivity contribution is -0.143. The van der Waals surface area contributed by atoms with Crippen molar-refractivity contribution >= 4 is 5.97 Å². The lowest BCUT2D eigenvalue weighted by Crippen LogP contribution is -2.06. The van der Waals surface area contributed by atoms with Gasteiger partial charge in [-0.3, -0.25) is 4.79 Å². The predicted octanol–water partition coefficient (Wildman–Crippen LogP) is 1.10. The summed E-state index contributed by atoms with van der Waals surface area (Å²) < 4.78 is 4.70. The summed E-state index contributed by atoms with van der Waals surface area (Å²) >= 11 is 0. The van der Waals surface area contributed by atoms with E-state index in [1.54, 1.807) is 13.8 Å². The molecule has 3 nitrogen and oxygen atoms in total. The molecular weight excluding hydrogens is 144 g/mol. The molecule has 0 amide bonds. The summed E-state index contributed by atoms with van der Waals surface area (Å²) in [4.78, 5) is 10.7. The van der Waals surface area contributed by atoms with Gasteiger partial charge in [-0.2, -0.15) is 0 Å². The number of hydrogen-bond donors (Lipinski definition) is 1. The summed E-state index contributed by atoms with van der Waals surface area (Å²) in [6, 6.07) is 0. The standard InChI is InChI=1S/C8H16O3/c1-3-11-8(10)6-4-5-7(2)9/h7,9H,3-6H2,1-2H3. The molecule has 0 radical (unpaired) electrons. The first kappa shape index (κ1) is 10.4. The van der Waals surface area contributed by atoms with E-state index in [2.05, 4.69) is 0 Å². The van der Waals surface area contributed by atoms with Crippen LogP contribution in [0.15, 0.2) is 0 Å². The number of ether oxygens (including phenoxy) is 1. The number of aliphatic hydroxyl groups excluding tert-OH is 1. The highest BCUT2D eigenvalue weighted by atomic mass is 16.5. The van der Waals surface area contributed by atoms with E-state index in [-0.39, 0.29) is 12.1 Å². The highest BCUT2D eigenvalue weighted by Crippen LogP contribution is 2.00. The molecule has 0 saturated carbocycles. The monoisotopic (exact) mass is 160 g/mol. The number of carbonyl (C=O) groups is 1. The van der Waals surface area contributed by atoms with E-state index < -0.39 is 0 Å². The maximum Gasteiger partial charge on any atom is 0.305 e. The van der Waals surface area contributed by atoms with Crippen molar-refractivity contribution in [2.24, 2.45) is 0 Å². The van der Waals surface area contributed by atoms with Crippen LogP contribution >= 0.6 is 0 Å². The Kier molecular flexibility index (Phi) is 5.84. The fourth-order valence-corrected chi connectivity index (χ4v) is 0.775. The smallest absolute Gasteiger partial charge is 0.305 e. The summed E-state index contributed by atoms with van der Waals surface area (Å²) in [6.45, 7) is 3.94. The van der Waals surface area contributed by atoms with Crippen LogP contribution in [0, 0.1) is 0 Å². The van der Waals surface area contributed by atoms with Crippen LogP contribution in [-0.4, -0.2) is 23.8 Å². The van der Waals surface area contributed by atoms with Crippen molar-refractivity contribution in [3.05, 3.63) is 0 Å². The molecule has 1 unspecified atom stereocenters. The predicted molar refractivity (Wildman–Crippen MR) is 42.2 cm³/mol. The van der Waals surface area contributed by atoms with Gasteiger partial charge in [-0.15, -0.1) is 0 Å². The summed E-state index contributed by atoms with van der Waals surface area (Å²) in [5, 5.41) is 8.84. The zero-order chi connectivity index (χ0) is 8.69. The van der Waals surface area contributed by atoms with Crippen LogP contribution < -0.4 is 0 Å². The summed E-state index contributed by atoms with van der Waals surface area (Å²) in [6.07, 6.45) is 1.47. The summed E-state index contributed by atoms with van der Waals surface area (Å²) in [5.41, 5.74) is 0. The maximum absolute atomic E-state index is 10.7. The molecule has 0 aromatic heterocycles. The van der Waals surface area contributed by atoms with Crippen LogP contribution in [0.4, 0.5) is 0 Å². The van der Waals surface area contributed by atoms with Crippen molar-refractivity contribution in [3.63, 3.8) is 0 Å². The fourth-order valence-electron chi connectivity index (χ4n) is 0.775. The Bertz CT molecular complexity index is 110. The Hall–Kier alpha value is -0.570. The minimum atomic E-state index is -0.315. The van der Waals surface area contributed by atoms with Crippen LogP contribution in [0.1, 0.15) is 33.1 Å². The zero-order valence-corrected chi connectivity index (χ0v) is 7.17. The molecule has 0 aromatic rings. The molecular formula is C8H16O3. The lowest BCUT2D eigenvalue weighted by atomic mass is 10.2. The van der Waals surface area contributed by atoms with E-state index in [1.807, 2.05) is 0 Å². The topological polar surface area (TPSA) is 46.5 Å². The van der Waals surface area contributed by atoms with E-state index in [0.29, 0.717) is 25.9 Å². The van der Waals surface area contributed by atoms with Gasteiger partial charge in [0.25, 0.3) is 0 Å². The fraction of sp³-hybridized carbons (Fsp3) is 0.875. The molecule has 0 spiro atoms. The third-order valence-electron chi connectivity index (χ3n) is 1.31. The van der Waals surface area contributed by atoms with Gasteiger partial charge >= 0.3 is 5.97 Å². The molecule has 0 aliphatic heterocycles. The van der Waals surface area contributed by atoms with Gasteiger partial charge in [-0.05, 0) is 26.7 Å². The van der Waals surface area contributed by atoms with Crippen molar-refractivity contribution in [2.45, 2.75) is 39.2 Å². The van der Waals surface area contributed by atoms with Crippen molar-refractivity contribution in [2.75, 3.05) is 6.61 Å². The number of esters is 1. The molecule has 1 N–H and O–H groups in total. The molecule has 3 heteroatoms. The second-order valence-electron chi connectivity index (χ2n) is 2.55. The van der Waals surface area contributed by atoms with E-state index in [0.717, 1.165) is 0 Å². The minimum absolute atomic E-state index is 0.173. The van der Waals surface area contributed by atoms with E-state index in [1.165, 1.54) is 0 Å². The van der Waals surface area contributed by atoms with E-state index in [9.17, 15) is 4.79 Å². The highest BCUT2D eigenvalue weighted by molar-refractivity contribution is 5.69. The number of aliphatic hydroxyl groups is 1. The Morgan fingerprint density at radius 2 is 2.27 bits per heavy atom. The molecule has 0 aliphatic rings. The van der Waals surface area contributed by atoms with Crippen LogP contribution in [-0.2, 0) is 9.53 Å². The third kappa shape index (κ3) is 7.33. The van der Waals surface area contributed by atoms with Gasteiger partial charge in [0.15, 0.2) is 0 Å². The SMILES string of the molecule is CCOC(=O)CCCC(C)O. The van der Waals surface area contributed by atoms with Crippen LogP contribution in [0.5, 0.6) is 0 Å². The molecule has 0 heterocycles. The molecule has 1 atom stereocenters. The Morgan fingerprint density at radius 1 is 1.64 bits per heavy atom. The Morgan fingerprint density at radius 3 is 2.73 bits per heavy atom. The Labute approximate surface area is 67.4 Å². The zero-order valence-electron chi connectivity index (χ0n) is 7.17. The van der Waals surface area contributed by atoms with Gasteiger partial charge in [-0.1, -0.05) is 0 Å². The molecule has 0 aliphatic carbocycles. The van der Waals surface area contributed by atoms with Crippen LogP contribution in [0.3, 0.4) is 0 Å². The molecule has 66 valence electrons. The van der Waals surface area contributed by atoms with E-state index >= 15 is 0 Å². The molecule has 0 aromatic carbocycles. The molecule has 11 heavy (non-hydrogen) atoms. The normalized spacial score (nSPS) is 12.6. The van der Waals surface area contributed by atoms with Gasteiger partial charge in [-0.25, -0.2) is 0 Å². The van der Waals surface area contributed by atoms with Crippen LogP contribution in [0.2, 0.25) is 0 Å². The molecule has 0 saturated heterocycles. The van der Waals surface area contributed by atoms with Gasteiger partial charge in [0.2, 0.25) is 0 Å². The molecule has 0 rings (SSSR count). The lowest BCUT2D eigenvalue weighted by Gasteiger charge is -2.03.